The van der Waals surface area contributed by atoms with Crippen LogP contribution in [0, 0.1) is 0 Å². The van der Waals surface area contributed by atoms with E-state index in [-0.39, 0.29) is 0 Å². The zero-order valence-corrected chi connectivity index (χ0v) is 12.3. The van der Waals surface area contributed by atoms with Gasteiger partial charge in [0.1, 0.15) is 11.5 Å². The van der Waals surface area contributed by atoms with Crippen molar-refractivity contribution in [1.29, 1.82) is 0 Å². The Hall–Kier alpha value is -1.74. The molecule has 2 rings (SSSR count). The highest BCUT2D eigenvalue weighted by Gasteiger charge is 2.05. The van der Waals surface area contributed by atoms with Crippen LogP contribution in [0.1, 0.15) is 31.6 Å². The first-order valence-electron chi connectivity index (χ1n) is 7.25. The second-order valence-corrected chi connectivity index (χ2v) is 5.06. The molecule has 1 aromatic heterocycles. The summed E-state index contributed by atoms with van der Waals surface area (Å²) < 4.78 is 10.9. The summed E-state index contributed by atoms with van der Waals surface area (Å²) in [6.45, 7) is 5.91. The van der Waals surface area contributed by atoms with Gasteiger partial charge in [-0.1, -0.05) is 19.1 Å². The largest absolute Gasteiger partial charge is 0.494 e. The van der Waals surface area contributed by atoms with Crippen molar-refractivity contribution < 1.29 is 9.15 Å². The third-order valence-corrected chi connectivity index (χ3v) is 3.14. The van der Waals surface area contributed by atoms with Gasteiger partial charge in [0.05, 0.1) is 12.9 Å². The SMILES string of the molecule is CCCOc1ccc(CNC(C)Cc2ccco2)cc1. The summed E-state index contributed by atoms with van der Waals surface area (Å²) in [5.74, 6) is 1.97. The minimum absolute atomic E-state index is 0.386. The van der Waals surface area contributed by atoms with Crippen LogP contribution >= 0.6 is 0 Å². The Bertz CT molecular complexity index is 476. The van der Waals surface area contributed by atoms with E-state index in [1.165, 1.54) is 5.56 Å². The maximum absolute atomic E-state index is 5.57. The van der Waals surface area contributed by atoms with Crippen LogP contribution < -0.4 is 10.1 Å². The molecule has 2 aromatic rings. The number of nitrogens with one attached hydrogen (secondary N) is 1. The highest BCUT2D eigenvalue weighted by molar-refractivity contribution is 5.27. The molecule has 0 amide bonds. The standard InChI is InChI=1S/C17H23NO2/c1-3-10-19-16-8-6-15(7-9-16)13-18-14(2)12-17-5-4-11-20-17/h4-9,11,14,18H,3,10,12-13H2,1-2H3. The van der Waals surface area contributed by atoms with Crippen LogP contribution in [0.2, 0.25) is 0 Å². The zero-order valence-electron chi connectivity index (χ0n) is 12.3. The molecule has 0 saturated heterocycles. The molecular weight excluding hydrogens is 250 g/mol. The van der Waals surface area contributed by atoms with E-state index >= 15 is 0 Å². The summed E-state index contributed by atoms with van der Waals surface area (Å²) in [6, 6.07) is 12.6. The number of ether oxygens (including phenoxy) is 1. The van der Waals surface area contributed by atoms with Gasteiger partial charge in [-0.3, -0.25) is 0 Å². The smallest absolute Gasteiger partial charge is 0.119 e. The third-order valence-electron chi connectivity index (χ3n) is 3.14. The molecular formula is C17H23NO2. The lowest BCUT2D eigenvalue weighted by Gasteiger charge is -2.13. The molecule has 0 aliphatic heterocycles. The first-order chi connectivity index (χ1) is 9.78. The molecule has 0 bridgehead atoms. The van der Waals surface area contributed by atoms with E-state index < -0.39 is 0 Å². The molecule has 108 valence electrons. The second-order valence-electron chi connectivity index (χ2n) is 5.06. The van der Waals surface area contributed by atoms with Crippen LogP contribution in [0.4, 0.5) is 0 Å². The Balaban J connectivity index is 1.75. The van der Waals surface area contributed by atoms with E-state index in [1.54, 1.807) is 6.26 Å². The van der Waals surface area contributed by atoms with Gasteiger partial charge in [0.2, 0.25) is 0 Å². The van der Waals surface area contributed by atoms with Crippen LogP contribution in [0.3, 0.4) is 0 Å². The van der Waals surface area contributed by atoms with E-state index in [0.717, 1.165) is 37.5 Å². The van der Waals surface area contributed by atoms with Gasteiger partial charge in [-0.15, -0.1) is 0 Å². The predicted molar refractivity (Wildman–Crippen MR) is 80.9 cm³/mol. The van der Waals surface area contributed by atoms with Gasteiger partial charge in [-0.25, -0.2) is 0 Å². The van der Waals surface area contributed by atoms with Crippen LogP contribution in [-0.2, 0) is 13.0 Å². The molecule has 1 N–H and O–H groups in total. The summed E-state index contributed by atoms with van der Waals surface area (Å²) in [5, 5.41) is 3.50. The Morgan fingerprint density at radius 3 is 2.65 bits per heavy atom. The van der Waals surface area contributed by atoms with Crippen LogP contribution in [0.5, 0.6) is 5.75 Å². The van der Waals surface area contributed by atoms with Gasteiger partial charge >= 0.3 is 0 Å². The Morgan fingerprint density at radius 1 is 1.20 bits per heavy atom. The summed E-state index contributed by atoms with van der Waals surface area (Å²) in [5.41, 5.74) is 1.26. The molecule has 0 spiro atoms. The van der Waals surface area contributed by atoms with E-state index in [1.807, 2.05) is 24.3 Å². The van der Waals surface area contributed by atoms with Crippen molar-refractivity contribution in [2.45, 2.75) is 39.3 Å². The molecule has 1 heterocycles. The summed E-state index contributed by atoms with van der Waals surface area (Å²) in [6.07, 6.45) is 3.66. The molecule has 1 aromatic carbocycles. The number of furan rings is 1. The third kappa shape index (κ3) is 4.74. The van der Waals surface area contributed by atoms with Crippen LogP contribution in [0.25, 0.3) is 0 Å². The monoisotopic (exact) mass is 273 g/mol. The summed E-state index contributed by atoms with van der Waals surface area (Å²) in [4.78, 5) is 0. The van der Waals surface area contributed by atoms with Crippen molar-refractivity contribution in [3.8, 4) is 5.75 Å². The van der Waals surface area contributed by atoms with E-state index in [0.29, 0.717) is 6.04 Å². The molecule has 1 unspecified atom stereocenters. The Morgan fingerprint density at radius 2 is 2.00 bits per heavy atom. The zero-order chi connectivity index (χ0) is 14.2. The van der Waals surface area contributed by atoms with Gasteiger partial charge in [0.25, 0.3) is 0 Å². The first-order valence-corrected chi connectivity index (χ1v) is 7.25. The average Bonchev–Trinajstić information content (AvgIpc) is 2.97. The minimum Gasteiger partial charge on any atom is -0.494 e. The van der Waals surface area contributed by atoms with Gasteiger partial charge < -0.3 is 14.5 Å². The number of hydrogen-bond acceptors (Lipinski definition) is 3. The molecule has 3 heteroatoms. The average molecular weight is 273 g/mol. The molecule has 0 fully saturated rings. The normalized spacial score (nSPS) is 12.3. The maximum atomic E-state index is 5.57. The molecule has 20 heavy (non-hydrogen) atoms. The van der Waals surface area contributed by atoms with Crippen molar-refractivity contribution in [3.63, 3.8) is 0 Å². The number of hydrogen-bond donors (Lipinski definition) is 1. The van der Waals surface area contributed by atoms with E-state index in [2.05, 4.69) is 31.3 Å². The van der Waals surface area contributed by atoms with Gasteiger partial charge in [-0.2, -0.15) is 0 Å². The van der Waals surface area contributed by atoms with Crippen LogP contribution in [-0.4, -0.2) is 12.6 Å². The van der Waals surface area contributed by atoms with Gasteiger partial charge in [0, 0.05) is 19.0 Å². The fraction of sp³-hybridized carbons (Fsp3) is 0.412. The van der Waals surface area contributed by atoms with Crippen molar-refractivity contribution in [3.05, 3.63) is 54.0 Å². The minimum atomic E-state index is 0.386. The van der Waals surface area contributed by atoms with Crippen molar-refractivity contribution in [1.82, 2.24) is 5.32 Å². The molecule has 1 atom stereocenters. The van der Waals surface area contributed by atoms with Gasteiger partial charge in [0.15, 0.2) is 0 Å². The van der Waals surface area contributed by atoms with Gasteiger partial charge in [-0.05, 0) is 43.2 Å². The maximum Gasteiger partial charge on any atom is 0.119 e. The number of rotatable bonds is 8. The van der Waals surface area contributed by atoms with Crippen LogP contribution in [0.15, 0.2) is 47.1 Å². The molecule has 0 saturated carbocycles. The van der Waals surface area contributed by atoms with E-state index in [9.17, 15) is 0 Å². The Kier molecular flexibility index (Phi) is 5.69. The lowest BCUT2D eigenvalue weighted by atomic mass is 10.1. The quantitative estimate of drug-likeness (QED) is 0.794. The fourth-order valence-electron chi connectivity index (χ4n) is 2.02. The first kappa shape index (κ1) is 14.7. The van der Waals surface area contributed by atoms with Crippen molar-refractivity contribution in [2.24, 2.45) is 0 Å². The predicted octanol–water partition coefficient (Wildman–Crippen LogP) is 3.79. The fourth-order valence-corrected chi connectivity index (χ4v) is 2.02. The second kappa shape index (κ2) is 7.75. The molecule has 3 nitrogen and oxygen atoms in total. The molecule has 0 aliphatic rings. The topological polar surface area (TPSA) is 34.4 Å². The summed E-state index contributed by atoms with van der Waals surface area (Å²) >= 11 is 0. The highest BCUT2D eigenvalue weighted by atomic mass is 16.5. The Labute approximate surface area is 121 Å². The number of benzene rings is 1. The molecule has 0 aliphatic carbocycles. The van der Waals surface area contributed by atoms with E-state index in [4.69, 9.17) is 9.15 Å². The molecule has 0 radical (unpaired) electrons. The lowest BCUT2D eigenvalue weighted by Crippen LogP contribution is -2.27. The summed E-state index contributed by atoms with van der Waals surface area (Å²) in [7, 11) is 0. The highest BCUT2D eigenvalue weighted by Crippen LogP contribution is 2.12. The lowest BCUT2D eigenvalue weighted by molar-refractivity contribution is 0.317. The van der Waals surface area contributed by atoms with Crippen molar-refractivity contribution >= 4 is 0 Å². The van der Waals surface area contributed by atoms with Crippen molar-refractivity contribution in [2.75, 3.05) is 6.61 Å².